The Bertz CT molecular complexity index is 729. The first-order chi connectivity index (χ1) is 10.6. The van der Waals surface area contributed by atoms with Crippen LogP contribution in [0.3, 0.4) is 0 Å². The summed E-state index contributed by atoms with van der Waals surface area (Å²) >= 11 is 5.79. The van der Waals surface area contributed by atoms with Crippen molar-refractivity contribution in [1.82, 2.24) is 5.32 Å². The molecule has 1 aliphatic heterocycles. The van der Waals surface area contributed by atoms with Crippen LogP contribution in [0.5, 0.6) is 5.75 Å². The van der Waals surface area contributed by atoms with E-state index in [2.05, 4.69) is 10.6 Å². The van der Waals surface area contributed by atoms with Gasteiger partial charge >= 0.3 is 0 Å². The molecule has 3 rings (SSSR count). The van der Waals surface area contributed by atoms with Crippen molar-refractivity contribution in [2.24, 2.45) is 0 Å². The molecule has 0 bridgehead atoms. The fraction of sp³-hybridized carbons (Fsp3) is 0.125. The van der Waals surface area contributed by atoms with Crippen molar-refractivity contribution >= 4 is 29.1 Å². The van der Waals surface area contributed by atoms with Crippen molar-refractivity contribution in [3.63, 3.8) is 0 Å². The molecular weight excluding hydrogens is 304 g/mol. The van der Waals surface area contributed by atoms with E-state index in [1.54, 1.807) is 36.4 Å². The second kappa shape index (κ2) is 6.07. The van der Waals surface area contributed by atoms with Crippen LogP contribution in [-0.4, -0.2) is 18.4 Å². The van der Waals surface area contributed by atoms with Crippen LogP contribution in [0.25, 0.3) is 0 Å². The number of halogens is 1. The highest BCUT2D eigenvalue weighted by atomic mass is 35.5. The molecule has 0 radical (unpaired) electrons. The third-order valence-corrected chi connectivity index (χ3v) is 3.49. The maximum Gasteiger partial charge on any atom is 0.262 e. The van der Waals surface area contributed by atoms with Gasteiger partial charge in [-0.2, -0.15) is 0 Å². The van der Waals surface area contributed by atoms with Crippen LogP contribution in [-0.2, 0) is 11.3 Å². The fourth-order valence-electron chi connectivity index (χ4n) is 2.11. The molecule has 0 spiro atoms. The largest absolute Gasteiger partial charge is 0.482 e. The highest BCUT2D eigenvalue weighted by Gasteiger charge is 2.16. The number of anilines is 1. The van der Waals surface area contributed by atoms with Gasteiger partial charge in [0.05, 0.1) is 5.69 Å². The van der Waals surface area contributed by atoms with Crippen LogP contribution in [0, 0.1) is 0 Å². The SMILES string of the molecule is O=C1COc2cc(CNC(=O)c3ccc(Cl)cc3)ccc2N1. The first-order valence-corrected chi connectivity index (χ1v) is 7.09. The molecule has 0 unspecified atom stereocenters. The van der Waals surface area contributed by atoms with Crippen molar-refractivity contribution in [3.05, 3.63) is 58.6 Å². The van der Waals surface area contributed by atoms with Crippen molar-refractivity contribution in [2.45, 2.75) is 6.54 Å². The molecular formula is C16H13ClN2O3. The van der Waals surface area contributed by atoms with Gasteiger partial charge in [0.15, 0.2) is 6.61 Å². The smallest absolute Gasteiger partial charge is 0.262 e. The number of hydrogen-bond acceptors (Lipinski definition) is 3. The van der Waals surface area contributed by atoms with E-state index in [0.717, 1.165) is 5.56 Å². The maximum atomic E-state index is 12.0. The third-order valence-electron chi connectivity index (χ3n) is 3.24. The standard InChI is InChI=1S/C16H13ClN2O3/c17-12-4-2-11(3-5-12)16(21)18-8-10-1-6-13-14(7-10)22-9-15(20)19-13/h1-7H,8-9H2,(H,18,21)(H,19,20). The van der Waals surface area contributed by atoms with Gasteiger partial charge in [-0.3, -0.25) is 9.59 Å². The average Bonchev–Trinajstić information content (AvgIpc) is 2.53. The molecule has 1 heterocycles. The summed E-state index contributed by atoms with van der Waals surface area (Å²) in [4.78, 5) is 23.2. The number of rotatable bonds is 3. The second-order valence-electron chi connectivity index (χ2n) is 4.86. The van der Waals surface area contributed by atoms with Crippen LogP contribution in [0.1, 0.15) is 15.9 Å². The summed E-state index contributed by atoms with van der Waals surface area (Å²) in [6.07, 6.45) is 0. The van der Waals surface area contributed by atoms with E-state index in [1.165, 1.54) is 0 Å². The number of hydrogen-bond donors (Lipinski definition) is 2. The van der Waals surface area contributed by atoms with Gasteiger partial charge < -0.3 is 15.4 Å². The summed E-state index contributed by atoms with van der Waals surface area (Å²) in [5.74, 6) is 0.262. The molecule has 0 saturated carbocycles. The zero-order valence-electron chi connectivity index (χ0n) is 11.6. The van der Waals surface area contributed by atoms with E-state index in [-0.39, 0.29) is 18.4 Å². The lowest BCUT2D eigenvalue weighted by molar-refractivity contribution is -0.118. The minimum atomic E-state index is -0.177. The molecule has 2 N–H and O–H groups in total. The Labute approximate surface area is 132 Å². The molecule has 5 nitrogen and oxygen atoms in total. The highest BCUT2D eigenvalue weighted by molar-refractivity contribution is 6.30. The summed E-state index contributed by atoms with van der Waals surface area (Å²) in [7, 11) is 0. The predicted molar refractivity (Wildman–Crippen MR) is 83.2 cm³/mol. The molecule has 0 aliphatic carbocycles. The van der Waals surface area contributed by atoms with Crippen molar-refractivity contribution in [3.8, 4) is 5.75 Å². The van der Waals surface area contributed by atoms with Gasteiger partial charge in [0.1, 0.15) is 5.75 Å². The molecule has 1 aliphatic rings. The minimum Gasteiger partial charge on any atom is -0.482 e. The quantitative estimate of drug-likeness (QED) is 0.914. The number of amides is 2. The lowest BCUT2D eigenvalue weighted by Gasteiger charge is -2.18. The molecule has 112 valence electrons. The molecule has 2 aromatic carbocycles. The molecule has 2 amide bonds. The predicted octanol–water partition coefficient (Wildman–Crippen LogP) is 2.60. The minimum absolute atomic E-state index is 0.00753. The number of fused-ring (bicyclic) bond motifs is 1. The first kappa shape index (κ1) is 14.4. The zero-order valence-corrected chi connectivity index (χ0v) is 12.3. The van der Waals surface area contributed by atoms with Crippen LogP contribution in [0.15, 0.2) is 42.5 Å². The van der Waals surface area contributed by atoms with E-state index < -0.39 is 0 Å². The van der Waals surface area contributed by atoms with Gasteiger partial charge in [-0.1, -0.05) is 17.7 Å². The zero-order chi connectivity index (χ0) is 15.5. The Kier molecular flexibility index (Phi) is 3.98. The molecule has 2 aromatic rings. The summed E-state index contributed by atoms with van der Waals surface area (Å²) in [6.45, 7) is 0.375. The van der Waals surface area contributed by atoms with Gasteiger partial charge in [-0.25, -0.2) is 0 Å². The lowest BCUT2D eigenvalue weighted by Crippen LogP contribution is -2.26. The van der Waals surface area contributed by atoms with Crippen molar-refractivity contribution in [1.29, 1.82) is 0 Å². The second-order valence-corrected chi connectivity index (χ2v) is 5.29. The number of benzene rings is 2. The molecule has 0 atom stereocenters. The Morgan fingerprint density at radius 1 is 1.23 bits per heavy atom. The monoisotopic (exact) mass is 316 g/mol. The van der Waals surface area contributed by atoms with E-state index in [4.69, 9.17) is 16.3 Å². The Morgan fingerprint density at radius 2 is 2.00 bits per heavy atom. The van der Waals surface area contributed by atoms with E-state index >= 15 is 0 Å². The number of carbonyl (C=O) groups is 2. The molecule has 0 fully saturated rings. The topological polar surface area (TPSA) is 67.4 Å². The first-order valence-electron chi connectivity index (χ1n) is 6.71. The summed E-state index contributed by atoms with van der Waals surface area (Å²) in [5, 5.41) is 6.13. The Hall–Kier alpha value is -2.53. The van der Waals surface area contributed by atoms with Crippen LogP contribution in [0.4, 0.5) is 5.69 Å². The van der Waals surface area contributed by atoms with Crippen molar-refractivity contribution in [2.75, 3.05) is 11.9 Å². The Balaban J connectivity index is 1.65. The third kappa shape index (κ3) is 3.20. The van der Waals surface area contributed by atoms with Gasteiger partial charge in [-0.05, 0) is 42.0 Å². The fourth-order valence-corrected chi connectivity index (χ4v) is 2.24. The van der Waals surface area contributed by atoms with E-state index in [9.17, 15) is 9.59 Å². The van der Waals surface area contributed by atoms with Gasteiger partial charge in [-0.15, -0.1) is 0 Å². The summed E-state index contributed by atoms with van der Waals surface area (Å²) in [5.41, 5.74) is 2.08. The molecule has 0 saturated heterocycles. The van der Waals surface area contributed by atoms with E-state index in [0.29, 0.717) is 28.6 Å². The lowest BCUT2D eigenvalue weighted by atomic mass is 10.1. The normalized spacial score (nSPS) is 12.9. The Morgan fingerprint density at radius 3 is 2.77 bits per heavy atom. The van der Waals surface area contributed by atoms with E-state index in [1.807, 2.05) is 6.07 Å². The number of carbonyl (C=O) groups excluding carboxylic acids is 2. The van der Waals surface area contributed by atoms with Crippen LogP contribution in [0.2, 0.25) is 5.02 Å². The van der Waals surface area contributed by atoms with Gasteiger partial charge in [0.2, 0.25) is 0 Å². The molecule has 0 aromatic heterocycles. The summed E-state index contributed by atoms with van der Waals surface area (Å²) < 4.78 is 5.34. The van der Waals surface area contributed by atoms with Gasteiger partial charge in [0.25, 0.3) is 11.8 Å². The highest BCUT2D eigenvalue weighted by Crippen LogP contribution is 2.28. The van der Waals surface area contributed by atoms with Crippen LogP contribution >= 0.6 is 11.6 Å². The number of nitrogens with one attached hydrogen (secondary N) is 2. The van der Waals surface area contributed by atoms with Crippen molar-refractivity contribution < 1.29 is 14.3 Å². The molecule has 6 heteroatoms. The molecule has 22 heavy (non-hydrogen) atoms. The van der Waals surface area contributed by atoms with Gasteiger partial charge in [0, 0.05) is 17.1 Å². The summed E-state index contributed by atoms with van der Waals surface area (Å²) in [6, 6.07) is 12.1. The maximum absolute atomic E-state index is 12.0. The van der Waals surface area contributed by atoms with Crippen LogP contribution < -0.4 is 15.4 Å². The average molecular weight is 317 g/mol. The number of ether oxygens (including phenoxy) is 1.